The summed E-state index contributed by atoms with van der Waals surface area (Å²) in [4.78, 5) is 4.21. The fraction of sp³-hybridized carbons (Fsp3) is 0. The van der Waals surface area contributed by atoms with Crippen molar-refractivity contribution in [2.24, 2.45) is 5.84 Å². The highest BCUT2D eigenvalue weighted by molar-refractivity contribution is 9.10. The van der Waals surface area contributed by atoms with Crippen molar-refractivity contribution in [2.45, 2.75) is 0 Å². The Kier molecular flexibility index (Phi) is 2.99. The van der Waals surface area contributed by atoms with Crippen LogP contribution in [0.2, 0.25) is 0 Å². The number of hydrazine groups is 1. The monoisotopic (exact) mass is 287 g/mol. The molecule has 0 radical (unpaired) electrons. The molecule has 0 atom stereocenters. The summed E-state index contributed by atoms with van der Waals surface area (Å²) >= 11 is 4.53. The number of benzene rings is 1. The number of nitrogens with zero attached hydrogens (tertiary/aromatic N) is 1. The number of hydrogen-bond donors (Lipinski definition) is 2. The summed E-state index contributed by atoms with van der Waals surface area (Å²) in [7, 11) is 0. The summed E-state index contributed by atoms with van der Waals surface area (Å²) in [6, 6.07) is 4.76. The van der Waals surface area contributed by atoms with E-state index in [-0.39, 0.29) is 5.82 Å². The van der Waals surface area contributed by atoms with Crippen LogP contribution in [0.5, 0.6) is 0 Å². The number of thiazole rings is 1. The van der Waals surface area contributed by atoms with Gasteiger partial charge >= 0.3 is 0 Å². The van der Waals surface area contributed by atoms with Gasteiger partial charge in [0.05, 0.1) is 10.2 Å². The quantitative estimate of drug-likeness (QED) is 0.659. The Bertz CT molecular complexity index is 486. The molecule has 0 saturated heterocycles. The predicted molar refractivity (Wildman–Crippen MR) is 63.0 cm³/mol. The van der Waals surface area contributed by atoms with Gasteiger partial charge in [-0.15, -0.1) is 11.3 Å². The van der Waals surface area contributed by atoms with Crippen molar-refractivity contribution in [3.8, 4) is 11.3 Å². The van der Waals surface area contributed by atoms with Crippen molar-refractivity contribution in [3.63, 3.8) is 0 Å². The topological polar surface area (TPSA) is 50.9 Å². The summed E-state index contributed by atoms with van der Waals surface area (Å²) in [5.74, 6) is 4.94. The van der Waals surface area contributed by atoms with Crippen molar-refractivity contribution >= 4 is 32.4 Å². The minimum Gasteiger partial charge on any atom is -0.300 e. The van der Waals surface area contributed by atoms with Gasteiger partial charge in [-0.3, -0.25) is 5.43 Å². The lowest BCUT2D eigenvalue weighted by Gasteiger charge is -1.98. The van der Waals surface area contributed by atoms with Gasteiger partial charge in [0.1, 0.15) is 5.82 Å². The second-order valence-electron chi connectivity index (χ2n) is 2.81. The molecular weight excluding hydrogens is 281 g/mol. The van der Waals surface area contributed by atoms with Gasteiger partial charge in [-0.05, 0) is 34.1 Å². The second-order valence-corrected chi connectivity index (χ2v) is 4.52. The number of halogens is 2. The van der Waals surface area contributed by atoms with E-state index in [1.807, 2.05) is 5.38 Å². The van der Waals surface area contributed by atoms with Crippen LogP contribution in [0.15, 0.2) is 28.1 Å². The molecule has 0 unspecified atom stereocenters. The molecule has 0 aliphatic heterocycles. The first-order chi connectivity index (χ1) is 7.20. The molecule has 1 aromatic heterocycles. The van der Waals surface area contributed by atoms with Crippen LogP contribution in [0.1, 0.15) is 0 Å². The molecule has 2 aromatic rings. The van der Waals surface area contributed by atoms with E-state index in [2.05, 4.69) is 26.3 Å². The highest BCUT2D eigenvalue weighted by atomic mass is 79.9. The normalized spacial score (nSPS) is 10.3. The molecule has 0 fully saturated rings. The van der Waals surface area contributed by atoms with Crippen molar-refractivity contribution in [1.82, 2.24) is 4.98 Å². The summed E-state index contributed by atoms with van der Waals surface area (Å²) in [5.41, 5.74) is 4.08. The molecule has 3 N–H and O–H groups in total. The van der Waals surface area contributed by atoms with E-state index >= 15 is 0 Å². The number of nitrogen functional groups attached to an aromatic ring is 1. The first kappa shape index (κ1) is 10.5. The number of hydrogen-bond acceptors (Lipinski definition) is 4. The molecule has 6 heteroatoms. The number of nitrogens with one attached hydrogen (secondary N) is 1. The molecule has 1 aromatic carbocycles. The van der Waals surface area contributed by atoms with Crippen LogP contribution in [0.25, 0.3) is 11.3 Å². The van der Waals surface area contributed by atoms with Crippen LogP contribution < -0.4 is 11.3 Å². The first-order valence-corrected chi connectivity index (χ1v) is 5.75. The molecule has 2 rings (SSSR count). The molecule has 3 nitrogen and oxygen atoms in total. The van der Waals surface area contributed by atoms with Crippen molar-refractivity contribution in [3.05, 3.63) is 33.9 Å². The summed E-state index contributed by atoms with van der Waals surface area (Å²) in [6.07, 6.45) is 0. The van der Waals surface area contributed by atoms with Gasteiger partial charge in [0.15, 0.2) is 5.13 Å². The highest BCUT2D eigenvalue weighted by Crippen LogP contribution is 2.27. The van der Waals surface area contributed by atoms with E-state index in [0.717, 1.165) is 11.3 Å². The molecule has 0 amide bonds. The van der Waals surface area contributed by atoms with Crippen LogP contribution in [0, 0.1) is 5.82 Å². The summed E-state index contributed by atoms with van der Waals surface area (Å²) in [6.45, 7) is 0. The standard InChI is InChI=1S/C9H7BrFN3S/c10-6-3-5(1-2-7(6)11)8-4-15-9(13-8)14-12/h1-4H,12H2,(H,13,14). The largest absolute Gasteiger partial charge is 0.300 e. The zero-order valence-corrected chi connectivity index (χ0v) is 9.90. The molecule has 0 spiro atoms. The average molecular weight is 288 g/mol. The second kappa shape index (κ2) is 4.26. The van der Waals surface area contributed by atoms with E-state index in [1.165, 1.54) is 17.4 Å². The van der Waals surface area contributed by atoms with Crippen molar-refractivity contribution < 1.29 is 4.39 Å². The van der Waals surface area contributed by atoms with Gasteiger partial charge in [-0.1, -0.05) is 0 Å². The molecule has 0 aliphatic rings. The number of aromatic nitrogens is 1. The summed E-state index contributed by atoms with van der Waals surface area (Å²) in [5, 5.41) is 2.49. The van der Waals surface area contributed by atoms with E-state index in [9.17, 15) is 4.39 Å². The SMILES string of the molecule is NNc1nc(-c2ccc(F)c(Br)c2)cs1. The number of nitrogens with two attached hydrogens (primary N) is 1. The molecule has 0 aliphatic carbocycles. The van der Waals surface area contributed by atoms with Crippen LogP contribution in [0.3, 0.4) is 0 Å². The third kappa shape index (κ3) is 2.17. The van der Waals surface area contributed by atoms with Gasteiger partial charge in [0, 0.05) is 10.9 Å². The molecule has 78 valence electrons. The smallest absolute Gasteiger partial charge is 0.197 e. The van der Waals surface area contributed by atoms with Crippen LogP contribution in [-0.4, -0.2) is 4.98 Å². The number of rotatable bonds is 2. The van der Waals surface area contributed by atoms with E-state index in [0.29, 0.717) is 9.60 Å². The van der Waals surface area contributed by atoms with Crippen molar-refractivity contribution in [2.75, 3.05) is 5.43 Å². The van der Waals surface area contributed by atoms with E-state index < -0.39 is 0 Å². The molecule has 15 heavy (non-hydrogen) atoms. The molecule has 1 heterocycles. The van der Waals surface area contributed by atoms with Gasteiger partial charge in [0.25, 0.3) is 0 Å². The fourth-order valence-electron chi connectivity index (χ4n) is 1.13. The molecule has 0 saturated carbocycles. The lowest BCUT2D eigenvalue weighted by atomic mass is 10.2. The maximum Gasteiger partial charge on any atom is 0.197 e. The van der Waals surface area contributed by atoms with Gasteiger partial charge in [-0.25, -0.2) is 15.2 Å². The Morgan fingerprint density at radius 3 is 2.87 bits per heavy atom. The Balaban J connectivity index is 2.40. The minimum atomic E-state index is -0.286. The Labute approximate surface area is 98.2 Å². The first-order valence-electron chi connectivity index (χ1n) is 4.08. The van der Waals surface area contributed by atoms with Crippen LogP contribution in [-0.2, 0) is 0 Å². The van der Waals surface area contributed by atoms with E-state index in [4.69, 9.17) is 5.84 Å². The molecule has 0 bridgehead atoms. The number of anilines is 1. The van der Waals surface area contributed by atoms with Gasteiger partial charge in [0.2, 0.25) is 0 Å². The summed E-state index contributed by atoms with van der Waals surface area (Å²) < 4.78 is 13.4. The van der Waals surface area contributed by atoms with Gasteiger partial charge in [-0.2, -0.15) is 0 Å². The zero-order chi connectivity index (χ0) is 10.8. The third-order valence-electron chi connectivity index (χ3n) is 1.84. The van der Waals surface area contributed by atoms with E-state index in [1.54, 1.807) is 12.1 Å². The maximum atomic E-state index is 13.0. The lowest BCUT2D eigenvalue weighted by molar-refractivity contribution is 0.621. The Morgan fingerprint density at radius 1 is 1.47 bits per heavy atom. The van der Waals surface area contributed by atoms with Gasteiger partial charge < -0.3 is 0 Å². The Hall–Kier alpha value is -0.980. The van der Waals surface area contributed by atoms with Crippen LogP contribution >= 0.6 is 27.3 Å². The average Bonchev–Trinajstić information content (AvgIpc) is 2.70. The lowest BCUT2D eigenvalue weighted by Crippen LogP contribution is -2.05. The fourth-order valence-corrected chi connectivity index (χ4v) is 2.14. The highest BCUT2D eigenvalue weighted by Gasteiger charge is 2.06. The zero-order valence-electron chi connectivity index (χ0n) is 7.50. The third-order valence-corrected chi connectivity index (χ3v) is 3.22. The minimum absolute atomic E-state index is 0.286. The molecular formula is C9H7BrFN3S. The predicted octanol–water partition coefficient (Wildman–Crippen LogP) is 3.00. The van der Waals surface area contributed by atoms with Crippen molar-refractivity contribution in [1.29, 1.82) is 0 Å². The van der Waals surface area contributed by atoms with Crippen LogP contribution in [0.4, 0.5) is 9.52 Å². The Morgan fingerprint density at radius 2 is 2.27 bits per heavy atom. The maximum absolute atomic E-state index is 13.0.